The lowest BCUT2D eigenvalue weighted by molar-refractivity contribution is 0.0963. The lowest BCUT2D eigenvalue weighted by atomic mass is 9.82. The van der Waals surface area contributed by atoms with Crippen LogP contribution >= 0.6 is 22.9 Å². The van der Waals surface area contributed by atoms with E-state index in [0.717, 1.165) is 33.0 Å². The van der Waals surface area contributed by atoms with Crippen LogP contribution in [-0.2, 0) is 6.42 Å². The van der Waals surface area contributed by atoms with Gasteiger partial charge in [-0.2, -0.15) is 5.10 Å². The van der Waals surface area contributed by atoms with Gasteiger partial charge in [0.1, 0.15) is 0 Å². The minimum Gasteiger partial charge on any atom is -0.294 e. The summed E-state index contributed by atoms with van der Waals surface area (Å²) in [6.07, 6.45) is 2.91. The number of hydrogen-bond donors (Lipinski definition) is 0. The summed E-state index contributed by atoms with van der Waals surface area (Å²) >= 11 is 7.73. The third-order valence-electron chi connectivity index (χ3n) is 4.82. The summed E-state index contributed by atoms with van der Waals surface area (Å²) in [5, 5.41) is 5.97. The quantitative estimate of drug-likeness (QED) is 0.489. The van der Waals surface area contributed by atoms with Crippen LogP contribution in [0.2, 0.25) is 5.02 Å². The highest BCUT2D eigenvalue weighted by atomic mass is 35.5. The average Bonchev–Trinajstić information content (AvgIpc) is 3.25. The predicted octanol–water partition coefficient (Wildman–Crippen LogP) is 5.05. The SMILES string of the molecule is O=C1C[C@@H](c2cccc(Cl)c2)Cc2c1cnn2-c1nc2ccccc2s1. The Morgan fingerprint density at radius 2 is 2.00 bits per heavy atom. The van der Waals surface area contributed by atoms with Crippen molar-refractivity contribution in [1.82, 2.24) is 14.8 Å². The molecule has 1 aliphatic carbocycles. The summed E-state index contributed by atoms with van der Waals surface area (Å²) in [6, 6.07) is 15.8. The van der Waals surface area contributed by atoms with E-state index in [1.54, 1.807) is 17.5 Å². The van der Waals surface area contributed by atoms with E-state index in [1.807, 2.05) is 53.2 Å². The summed E-state index contributed by atoms with van der Waals surface area (Å²) in [6.45, 7) is 0. The molecule has 0 amide bonds. The molecule has 2 aromatic heterocycles. The number of halogens is 1. The molecule has 1 aliphatic rings. The normalized spacial score (nSPS) is 16.8. The first kappa shape index (κ1) is 15.7. The topological polar surface area (TPSA) is 47.8 Å². The highest BCUT2D eigenvalue weighted by Gasteiger charge is 2.30. The molecule has 0 bridgehead atoms. The number of aromatic nitrogens is 3. The number of hydrogen-bond acceptors (Lipinski definition) is 4. The Hall–Kier alpha value is -2.50. The van der Waals surface area contributed by atoms with Gasteiger partial charge in [-0.1, -0.05) is 47.2 Å². The molecule has 2 heterocycles. The number of thiazole rings is 1. The van der Waals surface area contributed by atoms with E-state index in [1.165, 1.54) is 0 Å². The van der Waals surface area contributed by atoms with Gasteiger partial charge in [0.05, 0.1) is 27.7 Å². The molecule has 0 fully saturated rings. The fraction of sp³-hybridized carbons (Fsp3) is 0.150. The van der Waals surface area contributed by atoms with E-state index in [9.17, 15) is 4.79 Å². The Labute approximate surface area is 159 Å². The Morgan fingerprint density at radius 3 is 2.85 bits per heavy atom. The average molecular weight is 380 g/mol. The maximum Gasteiger partial charge on any atom is 0.211 e. The third kappa shape index (κ3) is 2.55. The molecule has 128 valence electrons. The molecule has 4 nitrogen and oxygen atoms in total. The molecule has 1 atom stereocenters. The maximum atomic E-state index is 12.7. The highest BCUT2D eigenvalue weighted by molar-refractivity contribution is 7.20. The molecule has 6 heteroatoms. The zero-order chi connectivity index (χ0) is 17.7. The van der Waals surface area contributed by atoms with Gasteiger partial charge in [-0.3, -0.25) is 4.79 Å². The number of ketones is 1. The van der Waals surface area contributed by atoms with Gasteiger partial charge in [0.2, 0.25) is 5.13 Å². The van der Waals surface area contributed by atoms with Crippen molar-refractivity contribution < 1.29 is 4.79 Å². The second-order valence-electron chi connectivity index (χ2n) is 6.46. The maximum absolute atomic E-state index is 12.7. The van der Waals surface area contributed by atoms with Crippen molar-refractivity contribution in [2.45, 2.75) is 18.8 Å². The van der Waals surface area contributed by atoms with Gasteiger partial charge in [0.15, 0.2) is 5.78 Å². The number of rotatable bonds is 2. The third-order valence-corrected chi connectivity index (χ3v) is 6.07. The molecular formula is C20H14ClN3OS. The van der Waals surface area contributed by atoms with E-state index >= 15 is 0 Å². The molecule has 5 rings (SSSR count). The van der Waals surface area contributed by atoms with Crippen LogP contribution in [0.15, 0.2) is 54.7 Å². The fourth-order valence-corrected chi connectivity index (χ4v) is 4.70. The molecule has 0 radical (unpaired) electrons. The van der Waals surface area contributed by atoms with Gasteiger partial charge in [-0.25, -0.2) is 9.67 Å². The van der Waals surface area contributed by atoms with Gasteiger partial charge in [0, 0.05) is 11.4 Å². The number of nitrogens with zero attached hydrogens (tertiary/aromatic N) is 3. The summed E-state index contributed by atoms with van der Waals surface area (Å²) in [7, 11) is 0. The molecule has 0 unspecified atom stereocenters. The van der Waals surface area contributed by atoms with Crippen molar-refractivity contribution >= 4 is 38.9 Å². The van der Waals surface area contributed by atoms with E-state index < -0.39 is 0 Å². The number of para-hydroxylation sites is 1. The lowest BCUT2D eigenvalue weighted by Crippen LogP contribution is -2.20. The Kier molecular flexibility index (Phi) is 3.65. The predicted molar refractivity (Wildman–Crippen MR) is 104 cm³/mol. The molecule has 0 saturated heterocycles. The summed E-state index contributed by atoms with van der Waals surface area (Å²) in [5.74, 6) is 0.238. The van der Waals surface area contributed by atoms with Crippen molar-refractivity contribution in [2.75, 3.05) is 0 Å². The Bertz CT molecular complexity index is 1110. The van der Waals surface area contributed by atoms with Crippen LogP contribution in [0, 0.1) is 0 Å². The van der Waals surface area contributed by atoms with Gasteiger partial charge >= 0.3 is 0 Å². The zero-order valence-electron chi connectivity index (χ0n) is 13.7. The second-order valence-corrected chi connectivity index (χ2v) is 7.91. The van der Waals surface area contributed by atoms with Crippen molar-refractivity contribution in [2.24, 2.45) is 0 Å². The molecule has 2 aromatic carbocycles. The van der Waals surface area contributed by atoms with E-state index in [-0.39, 0.29) is 11.7 Å². The Balaban J connectivity index is 1.59. The highest BCUT2D eigenvalue weighted by Crippen LogP contribution is 2.35. The first-order valence-electron chi connectivity index (χ1n) is 8.40. The van der Waals surface area contributed by atoms with Crippen LogP contribution in [0.3, 0.4) is 0 Å². The largest absolute Gasteiger partial charge is 0.294 e. The van der Waals surface area contributed by atoms with E-state index in [4.69, 9.17) is 11.6 Å². The van der Waals surface area contributed by atoms with Crippen LogP contribution in [0.4, 0.5) is 0 Å². The first-order chi connectivity index (χ1) is 12.7. The van der Waals surface area contributed by atoms with Crippen molar-refractivity contribution in [3.05, 3.63) is 76.6 Å². The number of carbonyl (C=O) groups is 1. The van der Waals surface area contributed by atoms with Gasteiger partial charge in [-0.15, -0.1) is 0 Å². The first-order valence-corrected chi connectivity index (χ1v) is 9.60. The number of Topliss-reactive ketones (excluding diaryl/α,β-unsaturated/α-hetero) is 1. The molecule has 0 spiro atoms. The monoisotopic (exact) mass is 379 g/mol. The number of fused-ring (bicyclic) bond motifs is 2. The van der Waals surface area contributed by atoms with Gasteiger partial charge < -0.3 is 0 Å². The van der Waals surface area contributed by atoms with Crippen LogP contribution in [0.25, 0.3) is 15.3 Å². The summed E-state index contributed by atoms with van der Waals surface area (Å²) < 4.78 is 2.94. The Morgan fingerprint density at radius 1 is 1.12 bits per heavy atom. The van der Waals surface area contributed by atoms with Crippen molar-refractivity contribution in [3.8, 4) is 5.13 Å². The fourth-order valence-electron chi connectivity index (χ4n) is 3.55. The number of carbonyl (C=O) groups excluding carboxylic acids is 1. The number of benzene rings is 2. The van der Waals surface area contributed by atoms with E-state index in [2.05, 4.69) is 10.1 Å². The van der Waals surface area contributed by atoms with E-state index in [0.29, 0.717) is 17.0 Å². The molecule has 4 aromatic rings. The minimum atomic E-state index is 0.110. The van der Waals surface area contributed by atoms with Crippen LogP contribution < -0.4 is 0 Å². The molecular weight excluding hydrogens is 366 g/mol. The smallest absolute Gasteiger partial charge is 0.211 e. The van der Waals surface area contributed by atoms with Crippen molar-refractivity contribution in [3.63, 3.8) is 0 Å². The molecule has 0 N–H and O–H groups in total. The summed E-state index contributed by atoms with van der Waals surface area (Å²) in [4.78, 5) is 17.4. The standard InChI is InChI=1S/C20H14ClN3OS/c21-14-5-3-4-12(8-14)13-9-17-15(18(25)10-13)11-22-24(17)20-23-16-6-1-2-7-19(16)26-20/h1-8,11,13H,9-10H2/t13-/m0/s1. The van der Waals surface area contributed by atoms with Gasteiger partial charge in [-0.05, 0) is 42.2 Å². The van der Waals surface area contributed by atoms with Crippen LogP contribution in [0.5, 0.6) is 0 Å². The molecule has 0 saturated carbocycles. The molecule has 0 aliphatic heterocycles. The summed E-state index contributed by atoms with van der Waals surface area (Å²) in [5.41, 5.74) is 3.69. The van der Waals surface area contributed by atoms with Crippen LogP contribution in [-0.4, -0.2) is 20.5 Å². The zero-order valence-corrected chi connectivity index (χ0v) is 15.3. The second kappa shape index (κ2) is 6.04. The van der Waals surface area contributed by atoms with Crippen LogP contribution in [0.1, 0.15) is 34.0 Å². The minimum absolute atomic E-state index is 0.110. The van der Waals surface area contributed by atoms with Crippen molar-refractivity contribution in [1.29, 1.82) is 0 Å². The molecule has 26 heavy (non-hydrogen) atoms. The lowest BCUT2D eigenvalue weighted by Gasteiger charge is -2.22. The van der Waals surface area contributed by atoms with Gasteiger partial charge in [0.25, 0.3) is 0 Å².